The molecule has 0 fully saturated rings. The maximum Gasteiger partial charge on any atom is 0.0775 e. The Bertz CT molecular complexity index is 178. The smallest absolute Gasteiger partial charge is 0.0775 e. The highest BCUT2D eigenvalue weighted by atomic mass is 32.2. The molecule has 0 aromatic rings. The normalized spacial score (nSPS) is 10.7. The highest BCUT2D eigenvalue weighted by Crippen LogP contribution is 2.10. The minimum Gasteiger partial charge on any atom is -0.117 e. The van der Waals surface area contributed by atoms with Crippen molar-refractivity contribution in [3.63, 3.8) is 0 Å². The van der Waals surface area contributed by atoms with Crippen LogP contribution in [0.4, 0.5) is 0 Å². The molecule has 0 saturated carbocycles. The minimum atomic E-state index is 0.856. The molecule has 0 amide bonds. The second-order valence-corrected chi connectivity index (χ2v) is 3.04. The average molecular weight is 170 g/mol. The molecule has 10 heavy (non-hydrogen) atoms. The van der Waals surface area contributed by atoms with Crippen LogP contribution in [0.15, 0.2) is 37.0 Å². The Morgan fingerprint density at radius 2 is 2.10 bits per heavy atom. The Balaban J connectivity index is 4.34. The van der Waals surface area contributed by atoms with E-state index in [1.807, 2.05) is 12.3 Å². The van der Waals surface area contributed by atoms with Gasteiger partial charge in [-0.3, -0.25) is 0 Å². The first kappa shape index (κ1) is 9.66. The number of hydrogen-bond donors (Lipinski definition) is 0. The van der Waals surface area contributed by atoms with Crippen molar-refractivity contribution in [2.45, 2.75) is 0 Å². The molecule has 0 aliphatic heterocycles. The first-order chi connectivity index (χ1) is 4.76. The summed E-state index contributed by atoms with van der Waals surface area (Å²) in [5.41, 5.74) is 0.970. The summed E-state index contributed by atoms with van der Waals surface area (Å²) < 4.78 is 0.856. The van der Waals surface area contributed by atoms with Crippen molar-refractivity contribution in [2.75, 3.05) is 6.26 Å². The molecule has 0 bridgehead atoms. The van der Waals surface area contributed by atoms with Gasteiger partial charge in [-0.1, -0.05) is 43.6 Å². The molecule has 0 nitrogen and oxygen atoms in total. The van der Waals surface area contributed by atoms with E-state index in [1.54, 1.807) is 23.9 Å². The van der Waals surface area contributed by atoms with E-state index in [0.717, 1.165) is 9.77 Å². The van der Waals surface area contributed by atoms with E-state index >= 15 is 0 Å². The third kappa shape index (κ3) is 2.99. The number of rotatable bonds is 3. The lowest BCUT2D eigenvalue weighted by molar-refractivity contribution is 1.87. The minimum absolute atomic E-state index is 0.856. The van der Waals surface area contributed by atoms with Gasteiger partial charge in [0.05, 0.1) is 4.20 Å². The lowest BCUT2D eigenvalue weighted by Gasteiger charge is -1.97. The Kier molecular flexibility index (Phi) is 5.26. The molecule has 0 N–H and O–H groups in total. The summed E-state index contributed by atoms with van der Waals surface area (Å²) in [6, 6.07) is 0. The van der Waals surface area contributed by atoms with Crippen LogP contribution in [0.5, 0.6) is 0 Å². The van der Waals surface area contributed by atoms with Gasteiger partial charge in [-0.2, -0.15) is 0 Å². The van der Waals surface area contributed by atoms with Crippen molar-refractivity contribution in [3.8, 4) is 0 Å². The SMILES string of the molecule is C=C/C=C(\C=C)C(=S)SC. The van der Waals surface area contributed by atoms with E-state index in [0.29, 0.717) is 0 Å². The van der Waals surface area contributed by atoms with E-state index in [2.05, 4.69) is 13.2 Å². The van der Waals surface area contributed by atoms with Gasteiger partial charge in [-0.15, -0.1) is 11.8 Å². The largest absolute Gasteiger partial charge is 0.117 e. The van der Waals surface area contributed by atoms with Crippen molar-refractivity contribution in [1.29, 1.82) is 0 Å². The van der Waals surface area contributed by atoms with Crippen LogP contribution in [0.1, 0.15) is 0 Å². The monoisotopic (exact) mass is 170 g/mol. The van der Waals surface area contributed by atoms with E-state index in [4.69, 9.17) is 12.2 Å². The van der Waals surface area contributed by atoms with Gasteiger partial charge in [0.15, 0.2) is 0 Å². The third-order valence-corrected chi connectivity index (χ3v) is 2.28. The fourth-order valence-corrected chi connectivity index (χ4v) is 1.00. The molecule has 0 aromatic heterocycles. The molecule has 0 heterocycles. The fourth-order valence-electron chi connectivity index (χ4n) is 0.464. The maximum atomic E-state index is 5.02. The summed E-state index contributed by atoms with van der Waals surface area (Å²) in [6.45, 7) is 7.20. The lowest BCUT2D eigenvalue weighted by atomic mass is 10.3. The van der Waals surface area contributed by atoms with Gasteiger partial charge in [0.2, 0.25) is 0 Å². The first-order valence-electron chi connectivity index (χ1n) is 2.79. The van der Waals surface area contributed by atoms with Crippen LogP contribution in [0.25, 0.3) is 0 Å². The van der Waals surface area contributed by atoms with Crippen molar-refractivity contribution >= 4 is 28.2 Å². The quantitative estimate of drug-likeness (QED) is 0.363. The predicted octanol–water partition coefficient (Wildman–Crippen LogP) is 2.98. The van der Waals surface area contributed by atoms with Gasteiger partial charge in [-0.05, 0) is 11.8 Å². The second-order valence-electron chi connectivity index (χ2n) is 1.55. The standard InChI is InChI=1S/C8H10S2/c1-4-6-7(5-2)8(9)10-3/h4-6H,1-2H2,3H3/b7-6+. The zero-order valence-electron chi connectivity index (χ0n) is 5.96. The highest BCUT2D eigenvalue weighted by Gasteiger charge is 1.95. The Morgan fingerprint density at radius 1 is 1.50 bits per heavy atom. The number of thiocarbonyl (C=S) groups is 1. The third-order valence-electron chi connectivity index (χ3n) is 0.938. The summed E-state index contributed by atoms with van der Waals surface area (Å²) in [6.07, 6.45) is 7.24. The summed E-state index contributed by atoms with van der Waals surface area (Å²) in [5, 5.41) is 0. The molecule has 0 saturated heterocycles. The molecule has 0 unspecified atom stereocenters. The van der Waals surface area contributed by atoms with Crippen LogP contribution < -0.4 is 0 Å². The lowest BCUT2D eigenvalue weighted by Crippen LogP contribution is -1.88. The van der Waals surface area contributed by atoms with Crippen molar-refractivity contribution in [2.24, 2.45) is 0 Å². The molecule has 0 rings (SSSR count). The predicted molar refractivity (Wildman–Crippen MR) is 54.6 cm³/mol. The number of hydrogen-bond acceptors (Lipinski definition) is 2. The molecule has 0 aromatic carbocycles. The van der Waals surface area contributed by atoms with E-state index in [1.165, 1.54) is 0 Å². The van der Waals surface area contributed by atoms with Crippen LogP contribution >= 0.6 is 24.0 Å². The van der Waals surface area contributed by atoms with Crippen LogP contribution in [-0.2, 0) is 0 Å². The Labute approximate surface area is 71.7 Å². The summed E-state index contributed by atoms with van der Waals surface area (Å²) in [7, 11) is 0. The van der Waals surface area contributed by atoms with Crippen LogP contribution in [0.3, 0.4) is 0 Å². The van der Waals surface area contributed by atoms with Gasteiger partial charge >= 0.3 is 0 Å². The van der Waals surface area contributed by atoms with Gasteiger partial charge in [-0.25, -0.2) is 0 Å². The van der Waals surface area contributed by atoms with Crippen LogP contribution in [0.2, 0.25) is 0 Å². The van der Waals surface area contributed by atoms with Gasteiger partial charge < -0.3 is 0 Å². The van der Waals surface area contributed by atoms with Crippen molar-refractivity contribution < 1.29 is 0 Å². The van der Waals surface area contributed by atoms with Crippen molar-refractivity contribution in [3.05, 3.63) is 37.0 Å². The zero-order chi connectivity index (χ0) is 7.98. The van der Waals surface area contributed by atoms with E-state index < -0.39 is 0 Å². The Morgan fingerprint density at radius 3 is 2.40 bits per heavy atom. The summed E-state index contributed by atoms with van der Waals surface area (Å²) in [4.78, 5) is 0. The van der Waals surface area contributed by atoms with Crippen LogP contribution in [-0.4, -0.2) is 10.5 Å². The summed E-state index contributed by atoms with van der Waals surface area (Å²) >= 11 is 6.56. The fraction of sp³-hybridized carbons (Fsp3) is 0.125. The molecule has 0 atom stereocenters. The Hall–Kier alpha value is -0.340. The topological polar surface area (TPSA) is 0 Å². The number of allylic oxidation sites excluding steroid dienone is 3. The molecule has 54 valence electrons. The van der Waals surface area contributed by atoms with Gasteiger partial charge in [0.25, 0.3) is 0 Å². The highest BCUT2D eigenvalue weighted by molar-refractivity contribution is 8.23. The van der Waals surface area contributed by atoms with Gasteiger partial charge in [0.1, 0.15) is 0 Å². The molecular weight excluding hydrogens is 160 g/mol. The molecule has 0 aliphatic carbocycles. The molecule has 0 radical (unpaired) electrons. The second kappa shape index (κ2) is 5.45. The van der Waals surface area contributed by atoms with E-state index in [9.17, 15) is 0 Å². The average Bonchev–Trinajstić information content (AvgIpc) is 1.99. The molecular formula is C8H10S2. The molecule has 0 aliphatic rings. The molecule has 0 spiro atoms. The van der Waals surface area contributed by atoms with Crippen molar-refractivity contribution in [1.82, 2.24) is 0 Å². The van der Waals surface area contributed by atoms with Gasteiger partial charge in [0, 0.05) is 0 Å². The van der Waals surface area contributed by atoms with E-state index in [-0.39, 0.29) is 0 Å². The maximum absolute atomic E-state index is 5.02. The molecule has 2 heteroatoms. The first-order valence-corrected chi connectivity index (χ1v) is 4.43. The zero-order valence-corrected chi connectivity index (χ0v) is 7.60. The number of thioether (sulfide) groups is 1. The van der Waals surface area contributed by atoms with Crippen LogP contribution in [0, 0.1) is 0 Å². The summed E-state index contributed by atoms with van der Waals surface area (Å²) in [5.74, 6) is 0.